The molecule has 0 aromatic heterocycles. The van der Waals surface area contributed by atoms with Gasteiger partial charge in [0.2, 0.25) is 0 Å². The van der Waals surface area contributed by atoms with Gasteiger partial charge in [-0.1, -0.05) is 0 Å². The van der Waals surface area contributed by atoms with E-state index in [4.69, 9.17) is 14.2 Å². The molecule has 1 aliphatic heterocycles. The Morgan fingerprint density at radius 1 is 1.19 bits per heavy atom. The van der Waals surface area contributed by atoms with Crippen molar-refractivity contribution in [2.24, 2.45) is 23.7 Å². The summed E-state index contributed by atoms with van der Waals surface area (Å²) in [6.07, 6.45) is -0.955. The van der Waals surface area contributed by atoms with Crippen molar-refractivity contribution in [3.05, 3.63) is 28.4 Å². The molecule has 6 atom stereocenters. The standard InChI is InChI=1S/C18H15I3O9S/c19-6-3-9(13(21)10(20)4-6)16(22)29-14-7-5-8-12(18(24)30-15(8)14)11(7)17(23)28-1-2-31(25,26)27/h3-4,7-8,11-12,14-15H,1-2,5H2,(H,25,26,27)/p-1. The van der Waals surface area contributed by atoms with E-state index in [1.807, 2.05) is 6.07 Å². The number of carbonyl (C=O) groups excluding carboxylic acids is 3. The van der Waals surface area contributed by atoms with E-state index in [9.17, 15) is 27.4 Å². The summed E-state index contributed by atoms with van der Waals surface area (Å²) in [5, 5.41) is 0. The lowest BCUT2D eigenvalue weighted by Crippen LogP contribution is -2.44. The van der Waals surface area contributed by atoms with Crippen LogP contribution in [0, 0.1) is 34.4 Å². The zero-order valence-electron chi connectivity index (χ0n) is 15.5. The molecule has 2 saturated carbocycles. The van der Waals surface area contributed by atoms with Gasteiger partial charge in [0.05, 0.1) is 33.3 Å². The van der Waals surface area contributed by atoms with Gasteiger partial charge in [-0.15, -0.1) is 0 Å². The van der Waals surface area contributed by atoms with Crippen LogP contribution in [0.5, 0.6) is 0 Å². The number of halogens is 3. The fraction of sp³-hybridized carbons (Fsp3) is 0.500. The van der Waals surface area contributed by atoms with E-state index in [0.717, 1.165) is 10.7 Å². The lowest BCUT2D eigenvalue weighted by Gasteiger charge is -2.30. The first-order valence-corrected chi connectivity index (χ1v) is 14.0. The van der Waals surface area contributed by atoms with Crippen molar-refractivity contribution in [3.63, 3.8) is 0 Å². The minimum Gasteiger partial charge on any atom is -0.748 e. The maximum atomic E-state index is 12.9. The van der Waals surface area contributed by atoms with E-state index in [-0.39, 0.29) is 5.92 Å². The third-order valence-corrected chi connectivity index (χ3v) is 10.2. The number of ether oxygens (including phenoxy) is 3. The van der Waals surface area contributed by atoms with Crippen LogP contribution in [0.15, 0.2) is 12.1 Å². The number of esters is 3. The SMILES string of the molecule is O=C(OC1C2CC3C1OC(=O)C3C2C(=O)OCCS(=O)(=O)[O-])c1cc(I)cc(I)c1I. The molecule has 1 aromatic rings. The summed E-state index contributed by atoms with van der Waals surface area (Å²) in [4.78, 5) is 37.9. The first kappa shape index (κ1) is 23.9. The van der Waals surface area contributed by atoms with Gasteiger partial charge < -0.3 is 18.8 Å². The van der Waals surface area contributed by atoms with Gasteiger partial charge in [-0.25, -0.2) is 13.2 Å². The maximum absolute atomic E-state index is 12.9. The fourth-order valence-electron chi connectivity index (χ4n) is 4.70. The molecule has 2 aliphatic carbocycles. The Balaban J connectivity index is 1.53. The van der Waals surface area contributed by atoms with Gasteiger partial charge in [0.15, 0.2) is 0 Å². The predicted molar refractivity (Wildman–Crippen MR) is 128 cm³/mol. The molecule has 2 bridgehead atoms. The van der Waals surface area contributed by atoms with Gasteiger partial charge in [-0.2, -0.15) is 0 Å². The van der Waals surface area contributed by atoms with Gasteiger partial charge in [-0.05, 0) is 86.3 Å². The van der Waals surface area contributed by atoms with E-state index in [2.05, 4.69) is 67.8 Å². The second-order valence-corrected chi connectivity index (χ2v) is 12.6. The van der Waals surface area contributed by atoms with Crippen molar-refractivity contribution in [3.8, 4) is 0 Å². The molecule has 6 unspecified atom stereocenters. The number of rotatable bonds is 6. The first-order valence-electron chi connectivity index (χ1n) is 9.14. The van der Waals surface area contributed by atoms with Crippen LogP contribution in [0.2, 0.25) is 0 Å². The molecule has 0 N–H and O–H groups in total. The molecule has 1 heterocycles. The van der Waals surface area contributed by atoms with E-state index in [1.54, 1.807) is 6.07 Å². The zero-order valence-corrected chi connectivity index (χ0v) is 22.7. The Labute approximate surface area is 218 Å². The van der Waals surface area contributed by atoms with Crippen LogP contribution in [0.1, 0.15) is 16.8 Å². The highest BCUT2D eigenvalue weighted by Crippen LogP contribution is 2.59. The van der Waals surface area contributed by atoms with Crippen molar-refractivity contribution in [1.29, 1.82) is 0 Å². The van der Waals surface area contributed by atoms with Gasteiger partial charge in [0, 0.05) is 22.5 Å². The molecule has 0 spiro atoms. The third kappa shape index (κ3) is 4.57. The van der Waals surface area contributed by atoms with E-state index < -0.39 is 70.3 Å². The van der Waals surface area contributed by atoms with Crippen molar-refractivity contribution in [2.45, 2.75) is 18.6 Å². The summed E-state index contributed by atoms with van der Waals surface area (Å²) in [5.74, 6) is -5.11. The Morgan fingerprint density at radius 2 is 1.90 bits per heavy atom. The minimum atomic E-state index is -4.53. The molecule has 31 heavy (non-hydrogen) atoms. The van der Waals surface area contributed by atoms with Crippen LogP contribution in [0.4, 0.5) is 0 Å². The molecule has 1 saturated heterocycles. The van der Waals surface area contributed by atoms with Crippen LogP contribution in [0.25, 0.3) is 0 Å². The summed E-state index contributed by atoms with van der Waals surface area (Å²) in [6.45, 7) is -0.590. The van der Waals surface area contributed by atoms with Crippen LogP contribution in [0.3, 0.4) is 0 Å². The minimum absolute atomic E-state index is 0.272. The molecule has 0 radical (unpaired) electrons. The molecule has 0 amide bonds. The van der Waals surface area contributed by atoms with Crippen molar-refractivity contribution in [2.75, 3.05) is 12.4 Å². The molecule has 1 aromatic carbocycles. The Morgan fingerprint density at radius 3 is 2.58 bits per heavy atom. The molecule has 3 fully saturated rings. The van der Waals surface area contributed by atoms with Crippen LogP contribution in [-0.2, 0) is 33.9 Å². The lowest BCUT2D eigenvalue weighted by atomic mass is 9.78. The summed E-state index contributed by atoms with van der Waals surface area (Å²) in [6, 6.07) is 3.63. The van der Waals surface area contributed by atoms with Gasteiger partial charge in [-0.3, -0.25) is 9.59 Å². The average Bonchev–Trinajstić information content (AvgIpc) is 3.27. The fourth-order valence-corrected chi connectivity index (χ4v) is 7.36. The number of carbonyl (C=O) groups is 3. The highest BCUT2D eigenvalue weighted by atomic mass is 127. The lowest BCUT2D eigenvalue weighted by molar-refractivity contribution is -0.155. The quantitative estimate of drug-likeness (QED) is 0.139. The van der Waals surface area contributed by atoms with E-state index in [1.165, 1.54) is 0 Å². The summed E-state index contributed by atoms with van der Waals surface area (Å²) in [5.41, 5.74) is 0.389. The summed E-state index contributed by atoms with van der Waals surface area (Å²) < 4.78 is 50.9. The van der Waals surface area contributed by atoms with Crippen molar-refractivity contribution >= 4 is 95.8 Å². The van der Waals surface area contributed by atoms with Gasteiger partial charge >= 0.3 is 17.9 Å². The highest BCUT2D eigenvalue weighted by molar-refractivity contribution is 14.1. The average molecular weight is 787 g/mol. The van der Waals surface area contributed by atoms with Crippen molar-refractivity contribution in [1.82, 2.24) is 0 Å². The zero-order chi connectivity index (χ0) is 22.7. The molecule has 168 valence electrons. The summed E-state index contributed by atoms with van der Waals surface area (Å²) >= 11 is 6.29. The third-order valence-electron chi connectivity index (χ3n) is 5.85. The molecule has 9 nitrogen and oxygen atoms in total. The number of benzene rings is 1. The number of hydrogen-bond donors (Lipinski definition) is 0. The van der Waals surface area contributed by atoms with E-state index >= 15 is 0 Å². The Bertz CT molecular complexity index is 1070. The van der Waals surface area contributed by atoms with Gasteiger partial charge in [0.25, 0.3) is 0 Å². The molecule has 3 aliphatic rings. The highest BCUT2D eigenvalue weighted by Gasteiger charge is 2.70. The Kier molecular flexibility index (Phi) is 6.80. The second-order valence-electron chi connectivity index (χ2n) is 7.56. The smallest absolute Gasteiger partial charge is 0.339 e. The monoisotopic (exact) mass is 787 g/mol. The first-order chi connectivity index (χ1) is 14.5. The number of fused-ring (bicyclic) bond motifs is 1. The van der Waals surface area contributed by atoms with Crippen LogP contribution >= 0.6 is 67.8 Å². The van der Waals surface area contributed by atoms with E-state index in [0.29, 0.717) is 12.0 Å². The van der Waals surface area contributed by atoms with Crippen molar-refractivity contribution < 1.29 is 41.6 Å². The topological polar surface area (TPSA) is 136 Å². The predicted octanol–water partition coefficient (Wildman–Crippen LogP) is 1.92. The second kappa shape index (κ2) is 8.83. The molecule has 13 heteroatoms. The van der Waals surface area contributed by atoms with Crippen LogP contribution < -0.4 is 0 Å². The number of hydrogen-bond acceptors (Lipinski definition) is 9. The normalized spacial score (nSPS) is 30.9. The largest absolute Gasteiger partial charge is 0.748 e. The van der Waals surface area contributed by atoms with Gasteiger partial charge in [0.1, 0.15) is 18.8 Å². The molecular weight excluding hydrogens is 773 g/mol. The Hall–Kier alpha value is -0.270. The molecule has 4 rings (SSSR count). The van der Waals surface area contributed by atoms with Crippen LogP contribution in [-0.4, -0.2) is 55.4 Å². The summed E-state index contributed by atoms with van der Waals surface area (Å²) in [7, 11) is -4.53. The molecular formula is C18H14I3O9S-. The maximum Gasteiger partial charge on any atom is 0.339 e.